The molecule has 2 aromatic heterocycles. The fraction of sp³-hybridized carbons (Fsp3) is 0.211. The van der Waals surface area contributed by atoms with Crippen LogP contribution >= 0.6 is 0 Å². The highest BCUT2D eigenvalue weighted by Gasteiger charge is 2.17. The smallest absolute Gasteiger partial charge is 0.341 e. The number of para-hydroxylation sites is 2. The third-order valence-corrected chi connectivity index (χ3v) is 3.82. The number of carbonyl (C=O) groups is 2. The Hall–Kier alpha value is -3.35. The predicted molar refractivity (Wildman–Crippen MR) is 94.3 cm³/mol. The minimum Gasteiger partial charge on any atom is -0.465 e. The third-order valence-electron chi connectivity index (χ3n) is 3.82. The van der Waals surface area contributed by atoms with Crippen molar-refractivity contribution in [1.82, 2.24) is 9.88 Å². The number of furan rings is 1. The molecule has 7 nitrogen and oxygen atoms in total. The van der Waals surface area contributed by atoms with Crippen LogP contribution in [0.1, 0.15) is 27.8 Å². The Balaban J connectivity index is 1.67. The molecular formula is C19H18N2O5. The van der Waals surface area contributed by atoms with E-state index in [-0.39, 0.29) is 12.5 Å². The summed E-state index contributed by atoms with van der Waals surface area (Å²) < 4.78 is 15.7. The van der Waals surface area contributed by atoms with E-state index in [9.17, 15) is 9.59 Å². The van der Waals surface area contributed by atoms with E-state index in [0.29, 0.717) is 28.6 Å². The van der Waals surface area contributed by atoms with Gasteiger partial charge in [0.15, 0.2) is 5.58 Å². The molecule has 134 valence electrons. The first-order chi connectivity index (χ1) is 12.5. The lowest BCUT2D eigenvalue weighted by Crippen LogP contribution is -2.23. The summed E-state index contributed by atoms with van der Waals surface area (Å²) >= 11 is 0. The molecule has 1 amide bonds. The number of aromatic nitrogens is 1. The number of nitrogens with zero attached hydrogens (tertiary/aromatic N) is 2. The van der Waals surface area contributed by atoms with Gasteiger partial charge in [-0.25, -0.2) is 9.78 Å². The van der Waals surface area contributed by atoms with E-state index < -0.39 is 5.97 Å². The average molecular weight is 354 g/mol. The van der Waals surface area contributed by atoms with Crippen LogP contribution in [-0.2, 0) is 16.1 Å². The van der Waals surface area contributed by atoms with E-state index in [0.717, 1.165) is 5.52 Å². The number of fused-ring (bicyclic) bond motifs is 1. The summed E-state index contributed by atoms with van der Waals surface area (Å²) in [5, 5.41) is 0. The molecule has 0 aliphatic heterocycles. The maximum atomic E-state index is 12.3. The number of hydrogen-bond donors (Lipinski definition) is 0. The van der Waals surface area contributed by atoms with Crippen molar-refractivity contribution in [3.05, 3.63) is 59.4 Å². The van der Waals surface area contributed by atoms with Gasteiger partial charge in [-0.3, -0.25) is 4.79 Å². The van der Waals surface area contributed by atoms with Gasteiger partial charge in [0.05, 0.1) is 13.7 Å². The Morgan fingerprint density at radius 2 is 2.04 bits per heavy atom. The molecule has 7 heteroatoms. The Morgan fingerprint density at radius 1 is 1.27 bits per heavy atom. The molecule has 26 heavy (non-hydrogen) atoms. The molecule has 0 atom stereocenters. The second-order valence-electron chi connectivity index (χ2n) is 5.72. The molecule has 0 saturated carbocycles. The maximum absolute atomic E-state index is 12.3. The first kappa shape index (κ1) is 17.5. The second-order valence-corrected chi connectivity index (χ2v) is 5.72. The number of ether oxygens (including phenoxy) is 1. The number of hydrogen-bond acceptors (Lipinski definition) is 6. The first-order valence-corrected chi connectivity index (χ1v) is 7.94. The van der Waals surface area contributed by atoms with Crippen molar-refractivity contribution < 1.29 is 23.2 Å². The van der Waals surface area contributed by atoms with E-state index in [2.05, 4.69) is 9.72 Å². The van der Waals surface area contributed by atoms with Gasteiger partial charge in [0.2, 0.25) is 11.8 Å². The molecule has 3 aromatic rings. The maximum Gasteiger partial charge on any atom is 0.341 e. The average Bonchev–Trinajstić information content (AvgIpc) is 3.21. The van der Waals surface area contributed by atoms with Crippen LogP contribution in [0.15, 0.2) is 45.2 Å². The van der Waals surface area contributed by atoms with Crippen LogP contribution in [0, 0.1) is 6.92 Å². The van der Waals surface area contributed by atoms with Gasteiger partial charge in [0, 0.05) is 19.2 Å². The molecule has 2 heterocycles. The van der Waals surface area contributed by atoms with Crippen LogP contribution in [0.25, 0.3) is 17.2 Å². The molecule has 0 aliphatic rings. The standard InChI is InChI=1S/C19H18N2O5/c1-12-14(19(23)24-3)10-13(25-12)11-21(2)18(22)9-8-17-20-15-6-4-5-7-16(15)26-17/h4-10H,11H2,1-3H3/b9-8+. The number of esters is 1. The van der Waals surface area contributed by atoms with Gasteiger partial charge < -0.3 is 18.5 Å². The second kappa shape index (κ2) is 7.26. The molecule has 0 fully saturated rings. The van der Waals surface area contributed by atoms with E-state index in [1.54, 1.807) is 20.0 Å². The Kier molecular flexibility index (Phi) is 4.88. The third kappa shape index (κ3) is 3.66. The molecule has 3 rings (SSSR count). The molecule has 0 radical (unpaired) electrons. The lowest BCUT2D eigenvalue weighted by molar-refractivity contribution is -0.125. The van der Waals surface area contributed by atoms with Crippen LogP contribution < -0.4 is 0 Å². The lowest BCUT2D eigenvalue weighted by atomic mass is 10.2. The zero-order valence-corrected chi connectivity index (χ0v) is 14.7. The minimum atomic E-state index is -0.470. The molecule has 0 N–H and O–H groups in total. The summed E-state index contributed by atoms with van der Waals surface area (Å²) in [6.45, 7) is 1.89. The van der Waals surface area contributed by atoms with Crippen LogP contribution in [-0.4, -0.2) is 35.9 Å². The SMILES string of the molecule is COC(=O)c1cc(CN(C)C(=O)/C=C/c2nc3ccccc3o2)oc1C. The number of aryl methyl sites for hydroxylation is 1. The summed E-state index contributed by atoms with van der Waals surface area (Å²) in [7, 11) is 2.94. The van der Waals surface area contributed by atoms with Gasteiger partial charge >= 0.3 is 5.97 Å². The first-order valence-electron chi connectivity index (χ1n) is 7.94. The Bertz CT molecular complexity index is 950. The van der Waals surface area contributed by atoms with Crippen LogP contribution in [0.4, 0.5) is 0 Å². The summed E-state index contributed by atoms with van der Waals surface area (Å²) in [4.78, 5) is 29.6. The van der Waals surface area contributed by atoms with Crippen LogP contribution in [0.2, 0.25) is 0 Å². The molecule has 0 spiro atoms. The van der Waals surface area contributed by atoms with Crippen molar-refractivity contribution in [2.75, 3.05) is 14.2 Å². The summed E-state index contributed by atoms with van der Waals surface area (Å²) in [5.74, 6) is 0.585. The predicted octanol–water partition coefficient (Wildman–Crippen LogP) is 3.19. The molecule has 1 aromatic carbocycles. The highest BCUT2D eigenvalue weighted by atomic mass is 16.5. The van der Waals surface area contributed by atoms with Crippen molar-refractivity contribution in [2.24, 2.45) is 0 Å². The fourth-order valence-electron chi connectivity index (χ4n) is 2.48. The number of rotatable bonds is 5. The zero-order valence-electron chi connectivity index (χ0n) is 14.7. The Morgan fingerprint density at radius 3 is 2.77 bits per heavy atom. The summed E-state index contributed by atoms with van der Waals surface area (Å²) in [6.07, 6.45) is 2.90. The highest BCUT2D eigenvalue weighted by molar-refractivity contribution is 5.92. The summed E-state index contributed by atoms with van der Waals surface area (Å²) in [6, 6.07) is 8.95. The molecule has 0 unspecified atom stereocenters. The van der Waals surface area contributed by atoms with Gasteiger partial charge in [-0.05, 0) is 25.1 Å². The topological polar surface area (TPSA) is 85.8 Å². The largest absolute Gasteiger partial charge is 0.465 e. The van der Waals surface area contributed by atoms with Gasteiger partial charge in [-0.15, -0.1) is 0 Å². The lowest BCUT2D eigenvalue weighted by Gasteiger charge is -2.12. The minimum absolute atomic E-state index is 0.217. The number of likely N-dealkylation sites (N-methyl/N-ethyl adjacent to an activating group) is 1. The molecule has 0 saturated heterocycles. The number of methoxy groups -OCH3 is 1. The molecule has 0 bridgehead atoms. The van der Waals surface area contributed by atoms with Gasteiger partial charge in [0.1, 0.15) is 22.6 Å². The van der Waals surface area contributed by atoms with Gasteiger partial charge in [0.25, 0.3) is 0 Å². The summed E-state index contributed by atoms with van der Waals surface area (Å²) in [5.41, 5.74) is 1.74. The van der Waals surface area contributed by atoms with Crippen molar-refractivity contribution in [2.45, 2.75) is 13.5 Å². The highest BCUT2D eigenvalue weighted by Crippen LogP contribution is 2.18. The van der Waals surface area contributed by atoms with Crippen molar-refractivity contribution in [1.29, 1.82) is 0 Å². The van der Waals surface area contributed by atoms with E-state index in [1.165, 1.54) is 24.2 Å². The monoisotopic (exact) mass is 354 g/mol. The van der Waals surface area contributed by atoms with Crippen molar-refractivity contribution in [3.63, 3.8) is 0 Å². The Labute approximate surface area is 149 Å². The zero-order chi connectivity index (χ0) is 18.7. The van der Waals surface area contributed by atoms with Gasteiger partial charge in [-0.1, -0.05) is 12.1 Å². The molecule has 0 aliphatic carbocycles. The van der Waals surface area contributed by atoms with Gasteiger partial charge in [-0.2, -0.15) is 0 Å². The number of carbonyl (C=O) groups excluding carboxylic acids is 2. The van der Waals surface area contributed by atoms with Crippen molar-refractivity contribution >= 4 is 29.1 Å². The normalized spacial score (nSPS) is 11.2. The van der Waals surface area contributed by atoms with E-state index in [1.807, 2.05) is 24.3 Å². The number of amides is 1. The van der Waals surface area contributed by atoms with Crippen LogP contribution in [0.5, 0.6) is 0 Å². The van der Waals surface area contributed by atoms with E-state index >= 15 is 0 Å². The number of benzene rings is 1. The van der Waals surface area contributed by atoms with E-state index in [4.69, 9.17) is 8.83 Å². The molecular weight excluding hydrogens is 336 g/mol. The van der Waals surface area contributed by atoms with Crippen molar-refractivity contribution in [3.8, 4) is 0 Å². The fourth-order valence-corrected chi connectivity index (χ4v) is 2.48. The number of oxazole rings is 1. The quantitative estimate of drug-likeness (QED) is 0.517. The van der Waals surface area contributed by atoms with Crippen LogP contribution in [0.3, 0.4) is 0 Å².